The molecule has 90 valence electrons. The highest BCUT2D eigenvalue weighted by atomic mass is 35.5. The SMILES string of the molecule is Cc1ccc(OCCCn2ccnc2)c(Cl)c1. The minimum Gasteiger partial charge on any atom is -0.492 e. The first-order valence-corrected chi connectivity index (χ1v) is 5.98. The lowest BCUT2D eigenvalue weighted by molar-refractivity contribution is 0.302. The van der Waals surface area contributed by atoms with Gasteiger partial charge in [0, 0.05) is 18.9 Å². The molecule has 1 aromatic heterocycles. The molecule has 0 aliphatic rings. The Bertz CT molecular complexity index is 468. The molecule has 3 nitrogen and oxygen atoms in total. The van der Waals surface area contributed by atoms with Crippen LogP contribution in [0, 0.1) is 6.92 Å². The largest absolute Gasteiger partial charge is 0.492 e. The number of imidazole rings is 1. The first kappa shape index (κ1) is 12.0. The van der Waals surface area contributed by atoms with E-state index in [-0.39, 0.29) is 0 Å². The maximum absolute atomic E-state index is 6.07. The predicted octanol–water partition coefficient (Wildman–Crippen LogP) is 3.31. The van der Waals surface area contributed by atoms with Crippen LogP contribution in [0.25, 0.3) is 0 Å². The summed E-state index contributed by atoms with van der Waals surface area (Å²) in [5.41, 5.74) is 1.14. The van der Waals surface area contributed by atoms with Crippen molar-refractivity contribution in [2.75, 3.05) is 6.61 Å². The molecule has 0 atom stereocenters. The van der Waals surface area contributed by atoms with Crippen LogP contribution in [0.1, 0.15) is 12.0 Å². The van der Waals surface area contributed by atoms with Crippen molar-refractivity contribution < 1.29 is 4.74 Å². The van der Waals surface area contributed by atoms with Crippen LogP contribution in [0.5, 0.6) is 5.75 Å². The second-order valence-corrected chi connectivity index (χ2v) is 4.34. The fourth-order valence-corrected chi connectivity index (χ4v) is 1.86. The van der Waals surface area contributed by atoms with Crippen molar-refractivity contribution >= 4 is 11.6 Å². The first-order chi connectivity index (χ1) is 8.25. The van der Waals surface area contributed by atoms with Crippen molar-refractivity contribution in [3.8, 4) is 5.75 Å². The van der Waals surface area contributed by atoms with E-state index in [2.05, 4.69) is 4.98 Å². The molecule has 0 aliphatic heterocycles. The summed E-state index contributed by atoms with van der Waals surface area (Å²) < 4.78 is 7.65. The topological polar surface area (TPSA) is 27.1 Å². The molecule has 0 amide bonds. The van der Waals surface area contributed by atoms with Crippen molar-refractivity contribution in [1.82, 2.24) is 9.55 Å². The average Bonchev–Trinajstić information content (AvgIpc) is 2.79. The van der Waals surface area contributed by atoms with Crippen molar-refractivity contribution in [2.45, 2.75) is 19.9 Å². The summed E-state index contributed by atoms with van der Waals surface area (Å²) in [6, 6.07) is 5.82. The van der Waals surface area contributed by atoms with Gasteiger partial charge in [-0.25, -0.2) is 4.98 Å². The Balaban J connectivity index is 1.78. The molecule has 17 heavy (non-hydrogen) atoms. The third-order valence-corrected chi connectivity index (χ3v) is 2.76. The molecule has 0 aliphatic carbocycles. The molecule has 2 rings (SSSR count). The first-order valence-electron chi connectivity index (χ1n) is 5.60. The highest BCUT2D eigenvalue weighted by Gasteiger charge is 2.01. The summed E-state index contributed by atoms with van der Waals surface area (Å²) in [6.45, 7) is 3.57. The zero-order valence-corrected chi connectivity index (χ0v) is 10.5. The smallest absolute Gasteiger partial charge is 0.137 e. The zero-order valence-electron chi connectivity index (χ0n) is 9.77. The Hall–Kier alpha value is -1.48. The van der Waals surface area contributed by atoms with E-state index >= 15 is 0 Å². The van der Waals surface area contributed by atoms with Gasteiger partial charge in [0.2, 0.25) is 0 Å². The van der Waals surface area contributed by atoms with E-state index in [1.807, 2.05) is 35.9 Å². The van der Waals surface area contributed by atoms with Gasteiger partial charge in [-0.2, -0.15) is 0 Å². The molecule has 0 N–H and O–H groups in total. The van der Waals surface area contributed by atoms with Gasteiger partial charge in [-0.3, -0.25) is 0 Å². The van der Waals surface area contributed by atoms with Crippen molar-refractivity contribution in [1.29, 1.82) is 0 Å². The van der Waals surface area contributed by atoms with Gasteiger partial charge in [-0.05, 0) is 31.0 Å². The molecule has 0 unspecified atom stereocenters. The Kier molecular flexibility index (Phi) is 4.04. The van der Waals surface area contributed by atoms with E-state index < -0.39 is 0 Å². The zero-order chi connectivity index (χ0) is 12.1. The van der Waals surface area contributed by atoms with E-state index in [1.54, 1.807) is 12.5 Å². The Labute approximate surface area is 106 Å². The van der Waals surface area contributed by atoms with Crippen LogP contribution in [-0.4, -0.2) is 16.2 Å². The Morgan fingerprint density at radius 3 is 3.00 bits per heavy atom. The fourth-order valence-electron chi connectivity index (χ4n) is 1.57. The number of nitrogens with zero attached hydrogens (tertiary/aromatic N) is 2. The average molecular weight is 251 g/mol. The normalized spacial score (nSPS) is 10.5. The lowest BCUT2D eigenvalue weighted by atomic mass is 10.2. The fraction of sp³-hybridized carbons (Fsp3) is 0.308. The molecule has 0 fully saturated rings. The van der Waals surface area contributed by atoms with Gasteiger partial charge < -0.3 is 9.30 Å². The van der Waals surface area contributed by atoms with E-state index in [9.17, 15) is 0 Å². The highest BCUT2D eigenvalue weighted by Crippen LogP contribution is 2.25. The number of aromatic nitrogens is 2. The molecule has 2 aromatic rings. The monoisotopic (exact) mass is 250 g/mol. The summed E-state index contributed by atoms with van der Waals surface area (Å²) in [4.78, 5) is 3.98. The van der Waals surface area contributed by atoms with Crippen LogP contribution in [-0.2, 0) is 6.54 Å². The van der Waals surface area contributed by atoms with Crippen LogP contribution < -0.4 is 4.74 Å². The van der Waals surface area contributed by atoms with Gasteiger partial charge in [0.05, 0.1) is 18.0 Å². The number of benzene rings is 1. The molecule has 0 bridgehead atoms. The van der Waals surface area contributed by atoms with Crippen molar-refractivity contribution in [2.24, 2.45) is 0 Å². The van der Waals surface area contributed by atoms with Gasteiger partial charge in [0.15, 0.2) is 0 Å². The molecule has 0 radical (unpaired) electrons. The third kappa shape index (κ3) is 3.49. The summed E-state index contributed by atoms with van der Waals surface area (Å²) in [5.74, 6) is 0.753. The van der Waals surface area contributed by atoms with Crippen LogP contribution in [0.3, 0.4) is 0 Å². The summed E-state index contributed by atoms with van der Waals surface area (Å²) in [7, 11) is 0. The van der Waals surface area contributed by atoms with Gasteiger partial charge >= 0.3 is 0 Å². The lowest BCUT2D eigenvalue weighted by Gasteiger charge is -2.08. The van der Waals surface area contributed by atoms with Crippen LogP contribution in [0.15, 0.2) is 36.9 Å². The standard InChI is InChI=1S/C13H15ClN2O/c1-11-3-4-13(12(14)9-11)17-8-2-6-16-7-5-15-10-16/h3-5,7,9-10H,2,6,8H2,1H3. The van der Waals surface area contributed by atoms with Crippen LogP contribution >= 0.6 is 11.6 Å². The van der Waals surface area contributed by atoms with E-state index in [4.69, 9.17) is 16.3 Å². The Morgan fingerprint density at radius 1 is 1.41 bits per heavy atom. The molecular weight excluding hydrogens is 236 g/mol. The Morgan fingerprint density at radius 2 is 2.29 bits per heavy atom. The van der Waals surface area contributed by atoms with Gasteiger partial charge in [-0.1, -0.05) is 17.7 Å². The quantitative estimate of drug-likeness (QED) is 0.762. The number of hydrogen-bond acceptors (Lipinski definition) is 2. The van der Waals surface area contributed by atoms with Gasteiger partial charge in [-0.15, -0.1) is 0 Å². The maximum atomic E-state index is 6.07. The summed E-state index contributed by atoms with van der Waals surface area (Å²) >= 11 is 6.07. The number of halogens is 1. The molecule has 1 heterocycles. The molecule has 0 saturated heterocycles. The molecule has 1 aromatic carbocycles. The third-order valence-electron chi connectivity index (χ3n) is 2.46. The minimum absolute atomic E-state index is 0.654. The molecule has 4 heteroatoms. The van der Waals surface area contributed by atoms with Gasteiger partial charge in [0.25, 0.3) is 0 Å². The van der Waals surface area contributed by atoms with Crippen LogP contribution in [0.2, 0.25) is 5.02 Å². The number of ether oxygens (including phenoxy) is 1. The minimum atomic E-state index is 0.654. The van der Waals surface area contributed by atoms with Crippen molar-refractivity contribution in [3.63, 3.8) is 0 Å². The van der Waals surface area contributed by atoms with E-state index in [1.165, 1.54) is 0 Å². The second-order valence-electron chi connectivity index (χ2n) is 3.94. The molecular formula is C13H15ClN2O. The molecule has 0 spiro atoms. The summed E-state index contributed by atoms with van der Waals surface area (Å²) in [6.07, 6.45) is 6.45. The summed E-state index contributed by atoms with van der Waals surface area (Å²) in [5, 5.41) is 0.674. The number of rotatable bonds is 5. The molecule has 0 saturated carbocycles. The van der Waals surface area contributed by atoms with E-state index in [0.717, 1.165) is 24.3 Å². The lowest BCUT2D eigenvalue weighted by Crippen LogP contribution is -2.03. The van der Waals surface area contributed by atoms with E-state index in [0.29, 0.717) is 11.6 Å². The van der Waals surface area contributed by atoms with Gasteiger partial charge in [0.1, 0.15) is 5.75 Å². The highest BCUT2D eigenvalue weighted by molar-refractivity contribution is 6.32. The predicted molar refractivity (Wildman–Crippen MR) is 68.5 cm³/mol. The second kappa shape index (κ2) is 5.73. The number of hydrogen-bond donors (Lipinski definition) is 0. The van der Waals surface area contributed by atoms with Crippen LogP contribution in [0.4, 0.5) is 0 Å². The maximum Gasteiger partial charge on any atom is 0.137 e. The van der Waals surface area contributed by atoms with Crippen molar-refractivity contribution in [3.05, 3.63) is 47.5 Å². The number of aryl methyl sites for hydroxylation is 2.